The van der Waals surface area contributed by atoms with Gasteiger partial charge in [0, 0.05) is 29.8 Å². The first-order chi connectivity index (χ1) is 15.4. The number of Topliss-reactive ketones (excluding diaryl/α,β-unsaturated/α-hetero) is 1. The summed E-state index contributed by atoms with van der Waals surface area (Å²) in [6.07, 6.45) is 3.67. The van der Waals surface area contributed by atoms with Crippen molar-refractivity contribution < 1.29 is 14.3 Å². The number of anilines is 1. The summed E-state index contributed by atoms with van der Waals surface area (Å²) in [7, 11) is 1.56. The number of hydrogen-bond acceptors (Lipinski definition) is 4. The van der Waals surface area contributed by atoms with Crippen molar-refractivity contribution >= 4 is 46.7 Å². The highest BCUT2D eigenvalue weighted by molar-refractivity contribution is 6.42. The van der Waals surface area contributed by atoms with Gasteiger partial charge in [-0.2, -0.15) is 0 Å². The Labute approximate surface area is 195 Å². The molecule has 3 aromatic rings. The number of pyridine rings is 1. The van der Waals surface area contributed by atoms with Gasteiger partial charge in [0.25, 0.3) is 5.91 Å². The summed E-state index contributed by atoms with van der Waals surface area (Å²) >= 11 is 12.0. The number of carbonyl (C=O) groups is 2. The largest absolute Gasteiger partial charge is 0.481 e. The van der Waals surface area contributed by atoms with E-state index in [2.05, 4.69) is 22.1 Å². The van der Waals surface area contributed by atoms with E-state index in [0.717, 1.165) is 5.56 Å². The van der Waals surface area contributed by atoms with Gasteiger partial charge >= 0.3 is 0 Å². The van der Waals surface area contributed by atoms with Crippen molar-refractivity contribution in [2.75, 3.05) is 12.4 Å². The SMILES string of the molecule is COc1cc(CC#Cc2ccc3c(c2)C(=O)/C(=C\c2ccc(Cl)c(Cl)c2)C(=O)N3)ccn1. The van der Waals surface area contributed by atoms with Crippen molar-refractivity contribution in [2.24, 2.45) is 0 Å². The second-order valence-electron chi connectivity index (χ2n) is 6.96. The van der Waals surface area contributed by atoms with Crippen molar-refractivity contribution in [3.63, 3.8) is 0 Å². The van der Waals surface area contributed by atoms with Gasteiger partial charge in [-0.05, 0) is 53.6 Å². The Kier molecular flexibility index (Phi) is 6.27. The molecule has 5 nitrogen and oxygen atoms in total. The van der Waals surface area contributed by atoms with Crippen molar-refractivity contribution in [2.45, 2.75) is 6.42 Å². The minimum Gasteiger partial charge on any atom is -0.481 e. The van der Waals surface area contributed by atoms with Crippen molar-refractivity contribution in [1.82, 2.24) is 4.98 Å². The average molecular weight is 463 g/mol. The lowest BCUT2D eigenvalue weighted by atomic mass is 9.94. The van der Waals surface area contributed by atoms with Gasteiger partial charge in [-0.3, -0.25) is 9.59 Å². The standard InChI is InChI=1S/C25H16Cl2N2O3/c1-32-23-14-16(9-10-28-23)4-2-3-15-6-8-22-18(11-15)24(30)19(25(31)29-22)12-17-5-7-20(26)21(27)13-17/h5-14H,4H2,1H3,(H,29,31)/b19-12+. The Morgan fingerprint density at radius 3 is 2.69 bits per heavy atom. The predicted octanol–water partition coefficient (Wildman–Crippen LogP) is 5.21. The Morgan fingerprint density at radius 2 is 1.91 bits per heavy atom. The number of hydrogen-bond donors (Lipinski definition) is 1. The van der Waals surface area contributed by atoms with E-state index in [1.54, 1.807) is 49.7 Å². The van der Waals surface area contributed by atoms with Gasteiger partial charge in [-0.25, -0.2) is 4.98 Å². The number of halogens is 2. The zero-order valence-electron chi connectivity index (χ0n) is 16.9. The molecular formula is C25H16Cl2N2O3. The van der Waals surface area contributed by atoms with Crippen LogP contribution in [0.3, 0.4) is 0 Å². The summed E-state index contributed by atoms with van der Waals surface area (Å²) < 4.78 is 5.12. The molecule has 1 aromatic heterocycles. The highest BCUT2D eigenvalue weighted by Crippen LogP contribution is 2.29. The minimum absolute atomic E-state index is 0.0184. The molecule has 0 unspecified atom stereocenters. The van der Waals surface area contributed by atoms with Crippen LogP contribution in [0.4, 0.5) is 5.69 Å². The maximum Gasteiger partial charge on any atom is 0.259 e. The fraction of sp³-hybridized carbons (Fsp3) is 0.0800. The molecule has 32 heavy (non-hydrogen) atoms. The van der Waals surface area contributed by atoms with E-state index in [9.17, 15) is 9.59 Å². The molecule has 0 bridgehead atoms. The number of benzene rings is 2. The Morgan fingerprint density at radius 1 is 1.06 bits per heavy atom. The van der Waals surface area contributed by atoms with Crippen LogP contribution < -0.4 is 10.1 Å². The quantitative estimate of drug-likeness (QED) is 0.329. The van der Waals surface area contributed by atoms with Crippen LogP contribution in [0, 0.1) is 11.8 Å². The topological polar surface area (TPSA) is 68.3 Å². The van der Waals surface area contributed by atoms with E-state index in [1.165, 1.54) is 6.08 Å². The second-order valence-corrected chi connectivity index (χ2v) is 7.77. The van der Waals surface area contributed by atoms with Crippen LogP contribution in [0.15, 0.2) is 60.3 Å². The van der Waals surface area contributed by atoms with Gasteiger partial charge in [-0.15, -0.1) is 0 Å². The molecule has 0 aliphatic carbocycles. The predicted molar refractivity (Wildman–Crippen MR) is 125 cm³/mol. The fourth-order valence-electron chi connectivity index (χ4n) is 3.18. The van der Waals surface area contributed by atoms with Crippen LogP contribution in [0.2, 0.25) is 10.0 Å². The van der Waals surface area contributed by atoms with Crippen LogP contribution in [0.1, 0.15) is 27.0 Å². The summed E-state index contributed by atoms with van der Waals surface area (Å²) in [6.45, 7) is 0. The molecule has 0 saturated carbocycles. The normalized spacial score (nSPS) is 13.8. The minimum atomic E-state index is -0.473. The molecular weight excluding hydrogens is 447 g/mol. The molecule has 0 saturated heterocycles. The van der Waals surface area contributed by atoms with Crippen molar-refractivity contribution in [3.05, 3.63) is 92.6 Å². The summed E-state index contributed by atoms with van der Waals surface area (Å²) in [5.74, 6) is 5.83. The van der Waals surface area contributed by atoms with Gasteiger partial charge in [0.2, 0.25) is 11.7 Å². The molecule has 2 aromatic carbocycles. The lowest BCUT2D eigenvalue weighted by Gasteiger charge is -2.18. The number of nitrogens with zero attached hydrogens (tertiary/aromatic N) is 1. The van der Waals surface area contributed by atoms with Gasteiger partial charge in [0.05, 0.1) is 28.4 Å². The van der Waals surface area contributed by atoms with E-state index in [-0.39, 0.29) is 11.4 Å². The number of ketones is 1. The van der Waals surface area contributed by atoms with Gasteiger partial charge in [0.15, 0.2) is 0 Å². The van der Waals surface area contributed by atoms with Crippen LogP contribution in [0.5, 0.6) is 5.88 Å². The molecule has 0 spiro atoms. The first-order valence-corrected chi connectivity index (χ1v) is 10.3. The number of carbonyl (C=O) groups excluding carboxylic acids is 2. The summed E-state index contributed by atoms with van der Waals surface area (Å²) in [4.78, 5) is 29.6. The zero-order chi connectivity index (χ0) is 22.7. The molecule has 0 fully saturated rings. The summed E-state index contributed by atoms with van der Waals surface area (Å²) in [5.41, 5.74) is 3.10. The molecule has 2 heterocycles. The first-order valence-electron chi connectivity index (χ1n) is 9.59. The van der Waals surface area contributed by atoms with Gasteiger partial charge in [-0.1, -0.05) is 41.1 Å². The first kappa shape index (κ1) is 21.6. The van der Waals surface area contributed by atoms with E-state index in [1.807, 2.05) is 12.1 Å². The van der Waals surface area contributed by atoms with Crippen molar-refractivity contribution in [1.29, 1.82) is 0 Å². The molecule has 4 rings (SSSR count). The maximum atomic E-state index is 13.0. The highest BCUT2D eigenvalue weighted by atomic mass is 35.5. The van der Waals surface area contributed by atoms with Crippen LogP contribution in [-0.4, -0.2) is 23.8 Å². The van der Waals surface area contributed by atoms with E-state index in [0.29, 0.717) is 44.7 Å². The number of methoxy groups -OCH3 is 1. The molecule has 1 aliphatic heterocycles. The van der Waals surface area contributed by atoms with Crippen LogP contribution in [-0.2, 0) is 11.2 Å². The number of amides is 1. The Balaban J connectivity index is 1.60. The van der Waals surface area contributed by atoms with Gasteiger partial charge in [0.1, 0.15) is 0 Å². The monoisotopic (exact) mass is 462 g/mol. The molecule has 1 aliphatic rings. The molecule has 0 radical (unpaired) electrons. The lowest BCUT2D eigenvalue weighted by molar-refractivity contribution is -0.112. The van der Waals surface area contributed by atoms with E-state index >= 15 is 0 Å². The molecule has 0 atom stereocenters. The fourth-order valence-corrected chi connectivity index (χ4v) is 3.48. The Bertz CT molecular complexity index is 1340. The highest BCUT2D eigenvalue weighted by Gasteiger charge is 2.28. The van der Waals surface area contributed by atoms with E-state index in [4.69, 9.17) is 27.9 Å². The summed E-state index contributed by atoms with van der Waals surface area (Å²) in [5, 5.41) is 3.49. The van der Waals surface area contributed by atoms with E-state index < -0.39 is 5.91 Å². The third-order valence-corrected chi connectivity index (χ3v) is 5.53. The van der Waals surface area contributed by atoms with Crippen LogP contribution >= 0.6 is 23.2 Å². The molecule has 1 N–H and O–H groups in total. The maximum absolute atomic E-state index is 13.0. The second kappa shape index (κ2) is 9.27. The lowest BCUT2D eigenvalue weighted by Crippen LogP contribution is -2.27. The zero-order valence-corrected chi connectivity index (χ0v) is 18.4. The van der Waals surface area contributed by atoms with Crippen molar-refractivity contribution in [3.8, 4) is 17.7 Å². The summed E-state index contributed by atoms with van der Waals surface area (Å²) in [6, 6.07) is 13.7. The molecule has 1 amide bonds. The third kappa shape index (κ3) is 4.67. The third-order valence-electron chi connectivity index (χ3n) is 4.79. The number of aromatic nitrogens is 1. The Hall–Kier alpha value is -3.59. The number of rotatable bonds is 3. The molecule has 158 valence electrons. The molecule has 7 heteroatoms. The van der Waals surface area contributed by atoms with Crippen LogP contribution in [0.25, 0.3) is 6.08 Å². The number of fused-ring (bicyclic) bond motifs is 1. The number of nitrogens with one attached hydrogen (secondary N) is 1. The average Bonchev–Trinajstić information content (AvgIpc) is 2.79. The smallest absolute Gasteiger partial charge is 0.259 e. The number of ether oxygens (including phenoxy) is 1. The van der Waals surface area contributed by atoms with Gasteiger partial charge < -0.3 is 10.1 Å².